The fourth-order valence-electron chi connectivity index (χ4n) is 2.04. The maximum atomic E-state index is 9.55. The Hall–Kier alpha value is -0.120. The highest BCUT2D eigenvalue weighted by Gasteiger charge is 2.26. The van der Waals surface area contributed by atoms with Crippen LogP contribution < -0.4 is 5.73 Å². The Labute approximate surface area is 87.3 Å². The van der Waals surface area contributed by atoms with E-state index in [0.29, 0.717) is 0 Å². The van der Waals surface area contributed by atoms with Crippen LogP contribution in [0.5, 0.6) is 0 Å². The highest BCUT2D eigenvalue weighted by atomic mass is 16.3. The minimum atomic E-state index is -0.123. The highest BCUT2D eigenvalue weighted by molar-refractivity contribution is 4.81. The summed E-state index contributed by atoms with van der Waals surface area (Å²) < 4.78 is 0. The lowest BCUT2D eigenvalue weighted by atomic mass is 9.86. The predicted molar refractivity (Wildman–Crippen MR) is 59.1 cm³/mol. The van der Waals surface area contributed by atoms with E-state index < -0.39 is 0 Å². The van der Waals surface area contributed by atoms with E-state index in [1.165, 1.54) is 0 Å². The van der Waals surface area contributed by atoms with Crippen LogP contribution in [0.2, 0.25) is 0 Å². The molecule has 2 unspecified atom stereocenters. The van der Waals surface area contributed by atoms with Gasteiger partial charge in [0.25, 0.3) is 0 Å². The molecule has 3 heteroatoms. The second kappa shape index (κ2) is 5.10. The quantitative estimate of drug-likeness (QED) is 0.706. The van der Waals surface area contributed by atoms with E-state index in [-0.39, 0.29) is 11.5 Å². The maximum absolute atomic E-state index is 9.55. The highest BCUT2D eigenvalue weighted by Crippen LogP contribution is 2.22. The average molecular weight is 200 g/mol. The van der Waals surface area contributed by atoms with Gasteiger partial charge in [0.05, 0.1) is 6.10 Å². The third-order valence-electron chi connectivity index (χ3n) is 3.43. The van der Waals surface area contributed by atoms with Gasteiger partial charge in [0.2, 0.25) is 0 Å². The molecule has 1 aliphatic heterocycles. The molecule has 1 fully saturated rings. The Morgan fingerprint density at radius 2 is 2.29 bits per heavy atom. The molecule has 1 saturated heterocycles. The molecule has 1 heterocycles. The van der Waals surface area contributed by atoms with E-state index in [0.717, 1.165) is 45.4 Å². The summed E-state index contributed by atoms with van der Waals surface area (Å²) >= 11 is 0. The van der Waals surface area contributed by atoms with Crippen LogP contribution in [0.1, 0.15) is 33.1 Å². The van der Waals surface area contributed by atoms with Crippen LogP contribution >= 0.6 is 0 Å². The number of nitrogens with zero attached hydrogens (tertiary/aromatic N) is 1. The molecule has 0 spiro atoms. The van der Waals surface area contributed by atoms with Crippen molar-refractivity contribution in [2.75, 3.05) is 26.2 Å². The first-order valence-electron chi connectivity index (χ1n) is 5.70. The molecular weight excluding hydrogens is 176 g/mol. The van der Waals surface area contributed by atoms with E-state index in [4.69, 9.17) is 5.73 Å². The van der Waals surface area contributed by atoms with Gasteiger partial charge in [-0.05, 0) is 37.8 Å². The molecular formula is C11H24N2O. The Morgan fingerprint density at radius 1 is 1.57 bits per heavy atom. The molecule has 84 valence electrons. The SMILES string of the molecule is CCC(C)(CN)CN1CCCC(O)C1. The minimum Gasteiger partial charge on any atom is -0.392 e. The number of β-amino-alcohol motifs (C(OH)–C–C–N with tert-alkyl or cyclic N) is 1. The van der Waals surface area contributed by atoms with Gasteiger partial charge in [0, 0.05) is 13.1 Å². The zero-order valence-corrected chi connectivity index (χ0v) is 9.50. The molecule has 0 bridgehead atoms. The Morgan fingerprint density at radius 3 is 2.79 bits per heavy atom. The van der Waals surface area contributed by atoms with Gasteiger partial charge in [0.1, 0.15) is 0 Å². The first-order valence-corrected chi connectivity index (χ1v) is 5.70. The van der Waals surface area contributed by atoms with Crippen molar-refractivity contribution >= 4 is 0 Å². The molecule has 0 aromatic heterocycles. The molecule has 1 aliphatic rings. The third kappa shape index (κ3) is 3.23. The number of rotatable bonds is 4. The molecule has 0 saturated carbocycles. The number of likely N-dealkylation sites (tertiary alicyclic amines) is 1. The molecule has 0 radical (unpaired) electrons. The van der Waals surface area contributed by atoms with E-state index >= 15 is 0 Å². The molecule has 0 aromatic carbocycles. The van der Waals surface area contributed by atoms with Crippen LogP contribution in [-0.4, -0.2) is 42.3 Å². The molecule has 14 heavy (non-hydrogen) atoms. The van der Waals surface area contributed by atoms with E-state index in [1.54, 1.807) is 0 Å². The summed E-state index contributed by atoms with van der Waals surface area (Å²) in [6.45, 7) is 8.12. The lowest BCUT2D eigenvalue weighted by molar-refractivity contribution is 0.0475. The Bertz CT molecular complexity index is 169. The van der Waals surface area contributed by atoms with Crippen LogP contribution in [0, 0.1) is 5.41 Å². The summed E-state index contributed by atoms with van der Waals surface area (Å²) in [5.74, 6) is 0. The van der Waals surface area contributed by atoms with E-state index in [1.807, 2.05) is 0 Å². The fourth-order valence-corrected chi connectivity index (χ4v) is 2.04. The summed E-state index contributed by atoms with van der Waals surface area (Å²) in [5.41, 5.74) is 6.00. The van der Waals surface area contributed by atoms with Gasteiger partial charge in [-0.15, -0.1) is 0 Å². The van der Waals surface area contributed by atoms with Crippen molar-refractivity contribution in [3.05, 3.63) is 0 Å². The van der Waals surface area contributed by atoms with Gasteiger partial charge in [0.15, 0.2) is 0 Å². The number of aliphatic hydroxyl groups excluding tert-OH is 1. The second-order valence-electron chi connectivity index (χ2n) is 4.90. The smallest absolute Gasteiger partial charge is 0.0667 e. The first kappa shape index (κ1) is 12.0. The number of hydrogen-bond donors (Lipinski definition) is 2. The zero-order valence-electron chi connectivity index (χ0n) is 9.50. The van der Waals surface area contributed by atoms with Crippen molar-refractivity contribution in [3.8, 4) is 0 Å². The maximum Gasteiger partial charge on any atom is 0.0667 e. The number of nitrogens with two attached hydrogens (primary N) is 1. The van der Waals surface area contributed by atoms with Crippen molar-refractivity contribution < 1.29 is 5.11 Å². The Kier molecular flexibility index (Phi) is 4.35. The molecule has 3 nitrogen and oxygen atoms in total. The second-order valence-corrected chi connectivity index (χ2v) is 4.90. The zero-order chi connectivity index (χ0) is 10.6. The van der Waals surface area contributed by atoms with Crippen molar-refractivity contribution in [2.45, 2.75) is 39.2 Å². The van der Waals surface area contributed by atoms with Crippen LogP contribution in [0.4, 0.5) is 0 Å². The third-order valence-corrected chi connectivity index (χ3v) is 3.43. The van der Waals surface area contributed by atoms with Gasteiger partial charge in [-0.2, -0.15) is 0 Å². The van der Waals surface area contributed by atoms with Crippen LogP contribution in [-0.2, 0) is 0 Å². The summed E-state index contributed by atoms with van der Waals surface area (Å²) in [5, 5.41) is 9.55. The van der Waals surface area contributed by atoms with Gasteiger partial charge in [-0.1, -0.05) is 13.8 Å². The van der Waals surface area contributed by atoms with Crippen molar-refractivity contribution in [1.82, 2.24) is 4.90 Å². The first-order chi connectivity index (χ1) is 6.59. The largest absolute Gasteiger partial charge is 0.392 e. The predicted octanol–water partition coefficient (Wildman–Crippen LogP) is 0.818. The molecule has 0 amide bonds. The standard InChI is InChI=1S/C11H24N2O/c1-3-11(2,8-12)9-13-6-4-5-10(14)7-13/h10,14H,3-9,12H2,1-2H3. The van der Waals surface area contributed by atoms with Gasteiger partial charge < -0.3 is 15.7 Å². The van der Waals surface area contributed by atoms with Crippen molar-refractivity contribution in [1.29, 1.82) is 0 Å². The molecule has 1 rings (SSSR count). The summed E-state index contributed by atoms with van der Waals surface area (Å²) in [4.78, 5) is 2.35. The summed E-state index contributed by atoms with van der Waals surface area (Å²) in [7, 11) is 0. The fraction of sp³-hybridized carbons (Fsp3) is 1.00. The number of piperidine rings is 1. The molecule has 0 aromatic rings. The average Bonchev–Trinajstić information content (AvgIpc) is 2.18. The lowest BCUT2D eigenvalue weighted by Gasteiger charge is -2.37. The minimum absolute atomic E-state index is 0.123. The van der Waals surface area contributed by atoms with Crippen molar-refractivity contribution in [3.63, 3.8) is 0 Å². The van der Waals surface area contributed by atoms with E-state index in [9.17, 15) is 5.11 Å². The lowest BCUT2D eigenvalue weighted by Crippen LogP contribution is -2.46. The van der Waals surface area contributed by atoms with E-state index in [2.05, 4.69) is 18.7 Å². The monoisotopic (exact) mass is 200 g/mol. The topological polar surface area (TPSA) is 49.5 Å². The van der Waals surface area contributed by atoms with Crippen LogP contribution in [0.3, 0.4) is 0 Å². The van der Waals surface area contributed by atoms with Gasteiger partial charge >= 0.3 is 0 Å². The van der Waals surface area contributed by atoms with Crippen LogP contribution in [0.15, 0.2) is 0 Å². The summed E-state index contributed by atoms with van der Waals surface area (Å²) in [6, 6.07) is 0. The Balaban J connectivity index is 2.41. The normalized spacial score (nSPS) is 28.7. The number of hydrogen-bond acceptors (Lipinski definition) is 3. The van der Waals surface area contributed by atoms with Gasteiger partial charge in [-0.25, -0.2) is 0 Å². The van der Waals surface area contributed by atoms with Crippen LogP contribution in [0.25, 0.3) is 0 Å². The van der Waals surface area contributed by atoms with Crippen molar-refractivity contribution in [2.24, 2.45) is 11.1 Å². The van der Waals surface area contributed by atoms with Gasteiger partial charge in [-0.3, -0.25) is 0 Å². The molecule has 0 aliphatic carbocycles. The number of aliphatic hydroxyl groups is 1. The molecule has 2 atom stereocenters. The molecule has 3 N–H and O–H groups in total. The summed E-state index contributed by atoms with van der Waals surface area (Å²) in [6.07, 6.45) is 3.06.